The summed E-state index contributed by atoms with van der Waals surface area (Å²) in [7, 11) is 0. The first-order valence-electron chi connectivity index (χ1n) is 6.45. The SMILES string of the molecule is O=C(CNc1c(Br)cc(Cl)cc1Br)NN=Cc1ccccc1O. The number of carbonyl (C=O) groups excluding carboxylic acids is 1. The second-order valence-corrected chi connectivity index (χ2v) is 6.60. The van der Waals surface area contributed by atoms with Gasteiger partial charge in [-0.2, -0.15) is 5.10 Å². The van der Waals surface area contributed by atoms with Gasteiger partial charge in [-0.05, 0) is 56.1 Å². The minimum absolute atomic E-state index is 0.0247. The molecule has 3 N–H and O–H groups in total. The van der Waals surface area contributed by atoms with Gasteiger partial charge < -0.3 is 10.4 Å². The number of hydrogen-bond donors (Lipinski definition) is 3. The zero-order valence-corrected chi connectivity index (χ0v) is 15.6. The van der Waals surface area contributed by atoms with Crippen LogP contribution in [0.5, 0.6) is 5.75 Å². The van der Waals surface area contributed by atoms with E-state index in [1.807, 2.05) is 0 Å². The first-order chi connectivity index (χ1) is 11.0. The highest BCUT2D eigenvalue weighted by molar-refractivity contribution is 9.11. The maximum absolute atomic E-state index is 11.8. The Labute approximate surface area is 155 Å². The lowest BCUT2D eigenvalue weighted by Crippen LogP contribution is -2.26. The fourth-order valence-corrected chi connectivity index (χ4v) is 3.64. The summed E-state index contributed by atoms with van der Waals surface area (Å²) in [6.45, 7) is 0.0247. The van der Waals surface area contributed by atoms with E-state index in [0.29, 0.717) is 16.3 Å². The van der Waals surface area contributed by atoms with Gasteiger partial charge in [-0.25, -0.2) is 5.43 Å². The molecule has 5 nitrogen and oxygen atoms in total. The number of halogens is 3. The Morgan fingerprint density at radius 2 is 1.91 bits per heavy atom. The van der Waals surface area contributed by atoms with E-state index in [2.05, 4.69) is 47.7 Å². The summed E-state index contributed by atoms with van der Waals surface area (Å²) in [6.07, 6.45) is 1.38. The molecule has 0 radical (unpaired) electrons. The third-order valence-corrected chi connectivity index (χ3v) is 4.23. The summed E-state index contributed by atoms with van der Waals surface area (Å²) in [5.41, 5.74) is 3.61. The molecule has 2 aromatic rings. The number of hydrazone groups is 1. The maximum atomic E-state index is 11.8. The molecular formula is C15H12Br2ClN3O2. The zero-order valence-electron chi connectivity index (χ0n) is 11.7. The van der Waals surface area contributed by atoms with Gasteiger partial charge in [0, 0.05) is 19.5 Å². The van der Waals surface area contributed by atoms with Crippen LogP contribution in [-0.2, 0) is 4.79 Å². The van der Waals surface area contributed by atoms with Gasteiger partial charge in [-0.3, -0.25) is 4.79 Å². The van der Waals surface area contributed by atoms with E-state index in [9.17, 15) is 9.90 Å². The molecule has 8 heteroatoms. The quantitative estimate of drug-likeness (QED) is 0.463. The minimum atomic E-state index is -0.328. The number of amides is 1. The van der Waals surface area contributed by atoms with Crippen LogP contribution in [0.2, 0.25) is 5.02 Å². The lowest BCUT2D eigenvalue weighted by molar-refractivity contribution is -0.119. The van der Waals surface area contributed by atoms with Crippen molar-refractivity contribution in [1.29, 1.82) is 0 Å². The van der Waals surface area contributed by atoms with Crippen LogP contribution in [0, 0.1) is 0 Å². The van der Waals surface area contributed by atoms with Crippen LogP contribution < -0.4 is 10.7 Å². The van der Waals surface area contributed by atoms with Crippen LogP contribution in [0.3, 0.4) is 0 Å². The average Bonchev–Trinajstić information content (AvgIpc) is 2.48. The smallest absolute Gasteiger partial charge is 0.259 e. The molecule has 0 aliphatic rings. The van der Waals surface area contributed by atoms with Gasteiger partial charge in [0.2, 0.25) is 0 Å². The number of para-hydroxylation sites is 1. The zero-order chi connectivity index (χ0) is 16.8. The van der Waals surface area contributed by atoms with Crippen LogP contribution in [0.15, 0.2) is 50.4 Å². The highest BCUT2D eigenvalue weighted by Gasteiger charge is 2.08. The van der Waals surface area contributed by atoms with Crippen molar-refractivity contribution in [1.82, 2.24) is 5.43 Å². The molecule has 0 aliphatic carbocycles. The molecule has 0 atom stereocenters. The molecular weight excluding hydrogens is 449 g/mol. The van der Waals surface area contributed by atoms with Crippen LogP contribution in [-0.4, -0.2) is 23.8 Å². The largest absolute Gasteiger partial charge is 0.507 e. The summed E-state index contributed by atoms with van der Waals surface area (Å²) < 4.78 is 1.48. The number of benzene rings is 2. The van der Waals surface area contributed by atoms with E-state index in [-0.39, 0.29) is 18.2 Å². The Kier molecular flexibility index (Phi) is 6.44. The Morgan fingerprint density at radius 3 is 2.57 bits per heavy atom. The van der Waals surface area contributed by atoms with Crippen molar-refractivity contribution >= 4 is 61.3 Å². The van der Waals surface area contributed by atoms with Crippen molar-refractivity contribution in [3.8, 4) is 5.75 Å². The number of phenols is 1. The molecule has 120 valence electrons. The van der Waals surface area contributed by atoms with Crippen molar-refractivity contribution < 1.29 is 9.90 Å². The number of nitrogens with one attached hydrogen (secondary N) is 2. The van der Waals surface area contributed by atoms with Crippen molar-refractivity contribution in [3.05, 3.63) is 55.9 Å². The number of rotatable bonds is 5. The number of carbonyl (C=O) groups is 1. The van der Waals surface area contributed by atoms with Crippen molar-refractivity contribution in [2.75, 3.05) is 11.9 Å². The molecule has 0 aliphatic heterocycles. The minimum Gasteiger partial charge on any atom is -0.507 e. The first kappa shape index (κ1) is 17.8. The molecule has 23 heavy (non-hydrogen) atoms. The Bertz CT molecular complexity index is 730. The predicted octanol–water partition coefficient (Wildman–Crippen LogP) is 4.13. The van der Waals surface area contributed by atoms with Crippen LogP contribution >= 0.6 is 43.5 Å². The number of aromatic hydroxyl groups is 1. The molecule has 0 unspecified atom stereocenters. The molecule has 0 fully saturated rings. The van der Waals surface area contributed by atoms with Gasteiger partial charge in [-0.15, -0.1) is 0 Å². The molecule has 0 aromatic heterocycles. The van der Waals surface area contributed by atoms with Crippen LogP contribution in [0.25, 0.3) is 0 Å². The average molecular weight is 462 g/mol. The van der Waals surface area contributed by atoms with E-state index in [4.69, 9.17) is 11.6 Å². The Balaban J connectivity index is 1.90. The lowest BCUT2D eigenvalue weighted by Gasteiger charge is -2.10. The number of hydrogen-bond acceptors (Lipinski definition) is 4. The first-order valence-corrected chi connectivity index (χ1v) is 8.42. The van der Waals surface area contributed by atoms with Gasteiger partial charge >= 0.3 is 0 Å². The summed E-state index contributed by atoms with van der Waals surface area (Å²) in [5.74, 6) is -0.233. The highest BCUT2D eigenvalue weighted by Crippen LogP contribution is 2.33. The van der Waals surface area contributed by atoms with E-state index >= 15 is 0 Å². The van der Waals surface area contributed by atoms with Crippen molar-refractivity contribution in [3.63, 3.8) is 0 Å². The monoisotopic (exact) mass is 459 g/mol. The molecule has 0 heterocycles. The molecule has 1 amide bonds. The maximum Gasteiger partial charge on any atom is 0.259 e. The fourth-order valence-electron chi connectivity index (χ4n) is 1.69. The molecule has 0 saturated carbocycles. The third kappa shape index (κ3) is 5.23. The van der Waals surface area contributed by atoms with Gasteiger partial charge in [0.15, 0.2) is 0 Å². The summed E-state index contributed by atoms with van der Waals surface area (Å²) in [5, 5.41) is 16.9. The van der Waals surface area contributed by atoms with Gasteiger partial charge in [0.05, 0.1) is 18.4 Å². The van der Waals surface area contributed by atoms with E-state index < -0.39 is 0 Å². The van der Waals surface area contributed by atoms with Crippen LogP contribution in [0.4, 0.5) is 5.69 Å². The predicted molar refractivity (Wildman–Crippen MR) is 99.2 cm³/mol. The Hall–Kier alpha value is -1.57. The molecule has 0 bridgehead atoms. The van der Waals surface area contributed by atoms with Crippen molar-refractivity contribution in [2.45, 2.75) is 0 Å². The second-order valence-electron chi connectivity index (χ2n) is 4.45. The lowest BCUT2D eigenvalue weighted by atomic mass is 10.2. The molecule has 2 rings (SSSR count). The van der Waals surface area contributed by atoms with E-state index in [0.717, 1.165) is 8.95 Å². The summed E-state index contributed by atoms with van der Waals surface area (Å²) in [6, 6.07) is 10.1. The third-order valence-electron chi connectivity index (χ3n) is 2.76. The van der Waals surface area contributed by atoms with Crippen molar-refractivity contribution in [2.24, 2.45) is 5.10 Å². The number of anilines is 1. The number of nitrogens with zero attached hydrogens (tertiary/aromatic N) is 1. The summed E-state index contributed by atoms with van der Waals surface area (Å²) >= 11 is 12.7. The van der Waals surface area contributed by atoms with E-state index in [1.165, 1.54) is 6.21 Å². The molecule has 0 spiro atoms. The molecule has 2 aromatic carbocycles. The molecule has 0 saturated heterocycles. The van der Waals surface area contributed by atoms with Gasteiger partial charge in [-0.1, -0.05) is 23.7 Å². The Morgan fingerprint density at radius 1 is 1.26 bits per heavy atom. The summed E-state index contributed by atoms with van der Waals surface area (Å²) in [4.78, 5) is 11.8. The highest BCUT2D eigenvalue weighted by atomic mass is 79.9. The fraction of sp³-hybridized carbons (Fsp3) is 0.0667. The second kappa shape index (κ2) is 8.33. The topological polar surface area (TPSA) is 73.7 Å². The number of phenolic OH excluding ortho intramolecular Hbond substituents is 1. The standard InChI is InChI=1S/C15H12Br2ClN3O2/c16-11-5-10(18)6-12(17)15(11)19-8-14(23)21-20-7-9-3-1-2-4-13(9)22/h1-7,19,22H,8H2,(H,21,23). The van der Waals surface area contributed by atoms with Gasteiger partial charge in [0.25, 0.3) is 5.91 Å². The van der Waals surface area contributed by atoms with Gasteiger partial charge in [0.1, 0.15) is 5.75 Å². The van der Waals surface area contributed by atoms with Crippen LogP contribution in [0.1, 0.15) is 5.56 Å². The van der Waals surface area contributed by atoms with E-state index in [1.54, 1.807) is 36.4 Å². The normalized spacial score (nSPS) is 10.7.